The van der Waals surface area contributed by atoms with Gasteiger partial charge < -0.3 is 10.4 Å². The molecular weight excluding hydrogens is 222 g/mol. The highest BCUT2D eigenvalue weighted by atomic mass is 16.4. The van der Waals surface area contributed by atoms with Gasteiger partial charge in [-0.25, -0.2) is 4.79 Å². The molecule has 0 saturated heterocycles. The molecule has 1 amide bonds. The van der Waals surface area contributed by atoms with Gasteiger partial charge in [-0.2, -0.15) is 5.10 Å². The van der Waals surface area contributed by atoms with Crippen LogP contribution in [-0.4, -0.2) is 32.3 Å². The van der Waals surface area contributed by atoms with Crippen LogP contribution in [0.15, 0.2) is 6.07 Å². The molecule has 0 aliphatic heterocycles. The zero-order valence-corrected chi connectivity index (χ0v) is 10.4. The van der Waals surface area contributed by atoms with E-state index in [0.29, 0.717) is 0 Å². The van der Waals surface area contributed by atoms with E-state index in [1.807, 2.05) is 6.92 Å². The van der Waals surface area contributed by atoms with E-state index in [-0.39, 0.29) is 12.3 Å². The van der Waals surface area contributed by atoms with E-state index in [1.54, 1.807) is 17.8 Å². The van der Waals surface area contributed by atoms with Crippen LogP contribution in [0, 0.1) is 6.92 Å². The number of hydrogen-bond donors (Lipinski definition) is 2. The van der Waals surface area contributed by atoms with Gasteiger partial charge in [0.25, 0.3) is 0 Å². The second-order valence-electron chi connectivity index (χ2n) is 4.56. The zero-order chi connectivity index (χ0) is 13.2. The third-order valence-electron chi connectivity index (χ3n) is 2.43. The minimum Gasteiger partial charge on any atom is -0.480 e. The quantitative estimate of drug-likeness (QED) is 0.788. The van der Waals surface area contributed by atoms with Crippen molar-refractivity contribution >= 4 is 11.9 Å². The monoisotopic (exact) mass is 239 g/mol. The molecule has 0 aromatic carbocycles. The first kappa shape index (κ1) is 13.2. The maximum Gasteiger partial charge on any atom is 0.328 e. The number of carbonyl (C=O) groups excluding carboxylic acids is 1. The topological polar surface area (TPSA) is 84.2 Å². The molecule has 2 N–H and O–H groups in total. The molecule has 0 unspecified atom stereocenters. The van der Waals surface area contributed by atoms with Crippen molar-refractivity contribution in [2.24, 2.45) is 7.05 Å². The van der Waals surface area contributed by atoms with E-state index in [0.717, 1.165) is 11.4 Å². The van der Waals surface area contributed by atoms with Crippen LogP contribution in [0.2, 0.25) is 0 Å². The summed E-state index contributed by atoms with van der Waals surface area (Å²) in [4.78, 5) is 22.5. The standard InChI is InChI=1S/C11H17N3O3/c1-7-5-8(14(4)13-7)6-9(15)12-11(2,3)10(16)17/h5H,6H2,1-4H3,(H,12,15)(H,16,17). The van der Waals surface area contributed by atoms with Crippen LogP contribution in [0.25, 0.3) is 0 Å². The van der Waals surface area contributed by atoms with Crippen LogP contribution < -0.4 is 5.32 Å². The lowest BCUT2D eigenvalue weighted by Gasteiger charge is -2.20. The van der Waals surface area contributed by atoms with Crippen molar-refractivity contribution in [3.8, 4) is 0 Å². The molecule has 0 fully saturated rings. The highest BCUT2D eigenvalue weighted by Crippen LogP contribution is 2.06. The van der Waals surface area contributed by atoms with Crippen molar-refractivity contribution < 1.29 is 14.7 Å². The molecule has 0 radical (unpaired) electrons. The van der Waals surface area contributed by atoms with Crippen molar-refractivity contribution in [3.63, 3.8) is 0 Å². The molecule has 0 atom stereocenters. The van der Waals surface area contributed by atoms with Gasteiger partial charge in [-0.15, -0.1) is 0 Å². The van der Waals surface area contributed by atoms with Gasteiger partial charge in [0.15, 0.2) is 0 Å². The average Bonchev–Trinajstić information content (AvgIpc) is 2.43. The Kier molecular flexibility index (Phi) is 3.55. The molecule has 1 aromatic heterocycles. The van der Waals surface area contributed by atoms with Crippen molar-refractivity contribution in [1.29, 1.82) is 0 Å². The van der Waals surface area contributed by atoms with Crippen molar-refractivity contribution in [3.05, 3.63) is 17.5 Å². The molecule has 0 saturated carbocycles. The molecule has 1 rings (SSSR count). The van der Waals surface area contributed by atoms with E-state index >= 15 is 0 Å². The lowest BCUT2D eigenvalue weighted by atomic mass is 10.1. The van der Waals surface area contributed by atoms with Crippen LogP contribution in [-0.2, 0) is 23.1 Å². The lowest BCUT2D eigenvalue weighted by Crippen LogP contribution is -2.50. The zero-order valence-electron chi connectivity index (χ0n) is 10.4. The Morgan fingerprint density at radius 2 is 2.12 bits per heavy atom. The van der Waals surface area contributed by atoms with Gasteiger partial charge in [0.1, 0.15) is 5.54 Å². The van der Waals surface area contributed by atoms with Crippen LogP contribution in [0.1, 0.15) is 25.2 Å². The first-order valence-corrected chi connectivity index (χ1v) is 5.26. The van der Waals surface area contributed by atoms with E-state index in [4.69, 9.17) is 5.11 Å². The fourth-order valence-corrected chi connectivity index (χ4v) is 1.44. The smallest absolute Gasteiger partial charge is 0.328 e. The molecule has 1 aromatic rings. The maximum absolute atomic E-state index is 11.7. The largest absolute Gasteiger partial charge is 0.480 e. The second kappa shape index (κ2) is 4.57. The number of aryl methyl sites for hydroxylation is 2. The summed E-state index contributed by atoms with van der Waals surface area (Å²) >= 11 is 0. The predicted octanol–water partition coefficient (Wildman–Crippen LogP) is 0.250. The Morgan fingerprint density at radius 3 is 2.53 bits per heavy atom. The Balaban J connectivity index is 2.68. The molecule has 6 nitrogen and oxygen atoms in total. The fraction of sp³-hybridized carbons (Fsp3) is 0.545. The Bertz CT molecular complexity index is 449. The highest BCUT2D eigenvalue weighted by Gasteiger charge is 2.29. The Labute approximate surface area is 99.6 Å². The summed E-state index contributed by atoms with van der Waals surface area (Å²) in [6, 6.07) is 1.80. The molecule has 17 heavy (non-hydrogen) atoms. The number of carboxylic acids is 1. The first-order chi connectivity index (χ1) is 7.72. The van der Waals surface area contributed by atoms with Gasteiger partial charge in [0.2, 0.25) is 5.91 Å². The first-order valence-electron chi connectivity index (χ1n) is 5.26. The Morgan fingerprint density at radius 1 is 1.53 bits per heavy atom. The lowest BCUT2D eigenvalue weighted by molar-refractivity contribution is -0.145. The van der Waals surface area contributed by atoms with Gasteiger partial charge in [-0.3, -0.25) is 9.48 Å². The molecule has 0 aliphatic rings. The number of nitrogens with zero attached hydrogens (tertiary/aromatic N) is 2. The fourth-order valence-electron chi connectivity index (χ4n) is 1.44. The van der Waals surface area contributed by atoms with Crippen molar-refractivity contribution in [2.75, 3.05) is 0 Å². The van der Waals surface area contributed by atoms with Gasteiger partial charge in [-0.05, 0) is 26.8 Å². The number of carbonyl (C=O) groups is 2. The Hall–Kier alpha value is -1.85. The summed E-state index contributed by atoms with van der Waals surface area (Å²) in [7, 11) is 1.75. The van der Waals surface area contributed by atoms with Crippen LogP contribution in [0.4, 0.5) is 0 Å². The van der Waals surface area contributed by atoms with Crippen LogP contribution in [0.3, 0.4) is 0 Å². The minimum atomic E-state index is -1.26. The van der Waals surface area contributed by atoms with Gasteiger partial charge in [-0.1, -0.05) is 0 Å². The van der Waals surface area contributed by atoms with E-state index in [9.17, 15) is 9.59 Å². The molecule has 1 heterocycles. The molecular formula is C11H17N3O3. The summed E-state index contributed by atoms with van der Waals surface area (Å²) < 4.78 is 1.61. The van der Waals surface area contributed by atoms with Gasteiger partial charge >= 0.3 is 5.97 Å². The molecule has 6 heteroatoms. The second-order valence-corrected chi connectivity index (χ2v) is 4.56. The van der Waals surface area contributed by atoms with E-state index in [2.05, 4.69) is 10.4 Å². The average molecular weight is 239 g/mol. The number of aliphatic carboxylic acids is 1. The summed E-state index contributed by atoms with van der Waals surface area (Å²) in [6.45, 7) is 4.73. The predicted molar refractivity (Wildman–Crippen MR) is 61.5 cm³/mol. The molecule has 0 aliphatic carbocycles. The van der Waals surface area contributed by atoms with E-state index in [1.165, 1.54) is 13.8 Å². The van der Waals surface area contributed by atoms with Crippen LogP contribution in [0.5, 0.6) is 0 Å². The number of hydrogen-bond acceptors (Lipinski definition) is 3. The number of carboxylic acid groups (broad SMARTS) is 1. The highest BCUT2D eigenvalue weighted by molar-refractivity contribution is 5.87. The summed E-state index contributed by atoms with van der Waals surface area (Å²) in [5.41, 5.74) is 0.319. The normalized spacial score (nSPS) is 11.3. The summed E-state index contributed by atoms with van der Waals surface area (Å²) in [6.07, 6.45) is 0.119. The number of nitrogens with one attached hydrogen (secondary N) is 1. The summed E-state index contributed by atoms with van der Waals surface area (Å²) in [5, 5.41) is 15.5. The van der Waals surface area contributed by atoms with Crippen molar-refractivity contribution in [2.45, 2.75) is 32.7 Å². The third kappa shape index (κ3) is 3.30. The molecule has 0 spiro atoms. The SMILES string of the molecule is Cc1cc(CC(=O)NC(C)(C)C(=O)O)n(C)n1. The molecule has 0 bridgehead atoms. The van der Waals surface area contributed by atoms with Crippen LogP contribution >= 0.6 is 0 Å². The van der Waals surface area contributed by atoms with Gasteiger partial charge in [0, 0.05) is 12.7 Å². The number of aromatic nitrogens is 2. The third-order valence-corrected chi connectivity index (χ3v) is 2.43. The maximum atomic E-state index is 11.7. The van der Waals surface area contributed by atoms with E-state index < -0.39 is 11.5 Å². The number of rotatable bonds is 4. The minimum absolute atomic E-state index is 0.119. The molecule has 94 valence electrons. The number of amides is 1. The van der Waals surface area contributed by atoms with Gasteiger partial charge in [0.05, 0.1) is 12.1 Å². The van der Waals surface area contributed by atoms with Crippen molar-refractivity contribution in [1.82, 2.24) is 15.1 Å². The summed E-state index contributed by atoms with van der Waals surface area (Å²) in [5.74, 6) is -1.40.